The summed E-state index contributed by atoms with van der Waals surface area (Å²) in [6.45, 7) is 18.7. The topological polar surface area (TPSA) is 87.7 Å². The molecular formula is C31H44ClN3O4. The summed E-state index contributed by atoms with van der Waals surface area (Å²) in [6, 6.07) is 8.96. The Morgan fingerprint density at radius 1 is 0.923 bits per heavy atom. The van der Waals surface area contributed by atoms with Crippen LogP contribution in [0.25, 0.3) is 0 Å². The molecule has 0 fully saturated rings. The molecule has 0 aliphatic rings. The fourth-order valence-corrected chi connectivity index (χ4v) is 4.91. The van der Waals surface area contributed by atoms with Crippen molar-refractivity contribution in [1.82, 2.24) is 10.2 Å². The lowest BCUT2D eigenvalue weighted by Gasteiger charge is -2.38. The number of carbonyl (C=O) groups excluding carboxylic acids is 3. The predicted octanol–water partition coefficient (Wildman–Crippen LogP) is 7.12. The fourth-order valence-electron chi connectivity index (χ4n) is 4.64. The van der Waals surface area contributed by atoms with Crippen LogP contribution in [0.3, 0.4) is 0 Å². The Kier molecular flexibility index (Phi) is 11.0. The van der Waals surface area contributed by atoms with Crippen molar-refractivity contribution in [3.05, 3.63) is 63.7 Å². The number of carbonyl (C=O) groups is 3. The van der Waals surface area contributed by atoms with Crippen LogP contribution in [0.5, 0.6) is 0 Å². The molecule has 214 valence electrons. The third-order valence-electron chi connectivity index (χ3n) is 6.32. The van der Waals surface area contributed by atoms with Gasteiger partial charge in [-0.05, 0) is 96.0 Å². The van der Waals surface area contributed by atoms with Crippen LogP contribution in [0, 0.1) is 26.7 Å². The molecule has 7 nitrogen and oxygen atoms in total. The van der Waals surface area contributed by atoms with Gasteiger partial charge in [-0.2, -0.15) is 0 Å². The van der Waals surface area contributed by atoms with E-state index in [4.69, 9.17) is 16.3 Å². The van der Waals surface area contributed by atoms with Gasteiger partial charge in [0, 0.05) is 6.04 Å². The summed E-state index contributed by atoms with van der Waals surface area (Å²) in [6.07, 6.45) is -0.295. The molecule has 0 bridgehead atoms. The molecule has 0 aliphatic heterocycles. The van der Waals surface area contributed by atoms with Gasteiger partial charge >= 0.3 is 6.09 Å². The molecule has 2 unspecified atom stereocenters. The summed E-state index contributed by atoms with van der Waals surface area (Å²) in [5, 5.41) is 6.19. The summed E-state index contributed by atoms with van der Waals surface area (Å²) in [4.78, 5) is 42.8. The Morgan fingerprint density at radius 2 is 1.46 bits per heavy atom. The number of halogens is 1. The Labute approximate surface area is 238 Å². The van der Waals surface area contributed by atoms with E-state index in [9.17, 15) is 14.4 Å². The highest BCUT2D eigenvalue weighted by Gasteiger charge is 2.39. The summed E-state index contributed by atoms with van der Waals surface area (Å²) >= 11 is 6.45. The van der Waals surface area contributed by atoms with Crippen molar-refractivity contribution in [2.75, 3.05) is 5.32 Å². The Balaban J connectivity index is 2.64. The second kappa shape index (κ2) is 13.3. The number of nitrogens with zero attached hydrogens (tertiary/aromatic N) is 1. The molecule has 0 aromatic heterocycles. The third kappa shape index (κ3) is 8.72. The van der Waals surface area contributed by atoms with Gasteiger partial charge in [-0.1, -0.05) is 55.8 Å². The third-order valence-corrected chi connectivity index (χ3v) is 6.63. The standard InChI is InChI=1S/C31H44ClN3O4/c1-18(2)17-24(33-30(38)39-31(8,9)10)29(37)35(19(3)4)27(25-20(5)13-11-14-21(25)6)28(36)34-26-22(7)15-12-16-23(26)32/h11-16,18-19,24,27H,17H2,1-10H3,(H,33,38)(H,34,36). The van der Waals surface area contributed by atoms with Gasteiger partial charge in [0.2, 0.25) is 5.91 Å². The van der Waals surface area contributed by atoms with E-state index >= 15 is 0 Å². The van der Waals surface area contributed by atoms with Crippen LogP contribution in [-0.4, -0.2) is 40.5 Å². The van der Waals surface area contributed by atoms with Crippen molar-refractivity contribution < 1.29 is 19.1 Å². The number of para-hydroxylation sites is 1. The molecule has 0 saturated carbocycles. The number of nitrogens with one attached hydrogen (secondary N) is 2. The monoisotopic (exact) mass is 557 g/mol. The van der Waals surface area contributed by atoms with Crippen LogP contribution in [0.4, 0.5) is 10.5 Å². The fraction of sp³-hybridized carbons (Fsp3) is 0.516. The van der Waals surface area contributed by atoms with Crippen LogP contribution in [0.1, 0.15) is 83.2 Å². The minimum Gasteiger partial charge on any atom is -0.444 e. The Hall–Kier alpha value is -3.06. The van der Waals surface area contributed by atoms with Crippen LogP contribution in [0.15, 0.2) is 36.4 Å². The van der Waals surface area contributed by atoms with Gasteiger partial charge in [-0.15, -0.1) is 0 Å². The highest BCUT2D eigenvalue weighted by Crippen LogP contribution is 2.33. The minimum absolute atomic E-state index is 0.0983. The van der Waals surface area contributed by atoms with Gasteiger partial charge in [-0.25, -0.2) is 4.79 Å². The normalized spacial score (nSPS) is 13.2. The van der Waals surface area contributed by atoms with Crippen molar-refractivity contribution >= 4 is 35.2 Å². The number of amides is 3. The van der Waals surface area contributed by atoms with Crippen LogP contribution in [-0.2, 0) is 14.3 Å². The second-order valence-corrected chi connectivity index (χ2v) is 12.2. The zero-order valence-electron chi connectivity index (χ0n) is 24.9. The molecular weight excluding hydrogens is 514 g/mol. The first kappa shape index (κ1) is 32.2. The number of hydrogen-bond donors (Lipinski definition) is 2. The SMILES string of the molecule is Cc1cccc(Cl)c1NC(=O)C(c1c(C)cccc1C)N(C(=O)C(CC(C)C)NC(=O)OC(C)(C)C)C(C)C. The molecule has 2 aromatic rings. The number of alkyl carbamates (subject to hydrolysis) is 1. The van der Waals surface area contributed by atoms with E-state index < -0.39 is 23.8 Å². The molecule has 0 aliphatic carbocycles. The summed E-state index contributed by atoms with van der Waals surface area (Å²) < 4.78 is 5.46. The Bertz CT molecular complexity index is 1150. The van der Waals surface area contributed by atoms with Gasteiger partial charge in [0.25, 0.3) is 5.91 Å². The van der Waals surface area contributed by atoms with Crippen LogP contribution >= 0.6 is 11.6 Å². The molecule has 2 rings (SSSR count). The molecule has 39 heavy (non-hydrogen) atoms. The van der Waals surface area contributed by atoms with Gasteiger partial charge in [0.1, 0.15) is 17.7 Å². The largest absolute Gasteiger partial charge is 0.444 e. The van der Waals surface area contributed by atoms with E-state index in [0.717, 1.165) is 22.3 Å². The predicted molar refractivity (Wildman–Crippen MR) is 158 cm³/mol. The van der Waals surface area contributed by atoms with Gasteiger partial charge in [0.15, 0.2) is 0 Å². The molecule has 0 radical (unpaired) electrons. The average Bonchev–Trinajstić information content (AvgIpc) is 2.78. The van der Waals surface area contributed by atoms with Gasteiger partial charge in [0.05, 0.1) is 10.7 Å². The first-order valence-electron chi connectivity index (χ1n) is 13.5. The lowest BCUT2D eigenvalue weighted by Crippen LogP contribution is -2.55. The number of benzene rings is 2. The van der Waals surface area contributed by atoms with Gasteiger partial charge in [-0.3, -0.25) is 9.59 Å². The van der Waals surface area contributed by atoms with Crippen molar-refractivity contribution in [1.29, 1.82) is 0 Å². The first-order valence-corrected chi connectivity index (χ1v) is 13.8. The summed E-state index contributed by atoms with van der Waals surface area (Å²) in [5.41, 5.74) is 3.09. The number of rotatable bonds is 9. The molecule has 8 heteroatoms. The Morgan fingerprint density at radius 3 is 1.95 bits per heavy atom. The molecule has 3 amide bonds. The number of aryl methyl sites for hydroxylation is 3. The lowest BCUT2D eigenvalue weighted by atomic mass is 9.92. The number of anilines is 1. The maximum atomic E-state index is 14.3. The minimum atomic E-state index is -0.968. The molecule has 0 spiro atoms. The summed E-state index contributed by atoms with van der Waals surface area (Å²) in [5.74, 6) is -0.643. The zero-order chi connectivity index (χ0) is 29.7. The molecule has 2 aromatic carbocycles. The molecule has 0 saturated heterocycles. The van der Waals surface area contributed by atoms with E-state index in [0.29, 0.717) is 17.1 Å². The number of ether oxygens (including phenoxy) is 1. The average molecular weight is 558 g/mol. The maximum Gasteiger partial charge on any atom is 0.408 e. The highest BCUT2D eigenvalue weighted by atomic mass is 35.5. The lowest BCUT2D eigenvalue weighted by molar-refractivity contribution is -0.143. The van der Waals surface area contributed by atoms with E-state index in [1.807, 2.05) is 78.8 Å². The first-order chi connectivity index (χ1) is 18.0. The number of hydrogen-bond acceptors (Lipinski definition) is 4. The van der Waals surface area contributed by atoms with Crippen molar-refractivity contribution in [2.24, 2.45) is 5.92 Å². The smallest absolute Gasteiger partial charge is 0.408 e. The van der Waals surface area contributed by atoms with Gasteiger partial charge < -0.3 is 20.3 Å². The van der Waals surface area contributed by atoms with Crippen molar-refractivity contribution in [3.63, 3.8) is 0 Å². The van der Waals surface area contributed by atoms with Crippen LogP contribution < -0.4 is 10.6 Å². The van der Waals surface area contributed by atoms with Crippen molar-refractivity contribution in [3.8, 4) is 0 Å². The molecule has 2 atom stereocenters. The highest BCUT2D eigenvalue weighted by molar-refractivity contribution is 6.34. The van der Waals surface area contributed by atoms with E-state index in [-0.39, 0.29) is 23.8 Å². The summed E-state index contributed by atoms with van der Waals surface area (Å²) in [7, 11) is 0. The second-order valence-electron chi connectivity index (χ2n) is 11.8. The molecule has 2 N–H and O–H groups in total. The zero-order valence-corrected chi connectivity index (χ0v) is 25.7. The maximum absolute atomic E-state index is 14.3. The van der Waals surface area contributed by atoms with E-state index in [1.54, 1.807) is 31.7 Å². The van der Waals surface area contributed by atoms with Crippen molar-refractivity contribution in [2.45, 2.75) is 99.4 Å². The quantitative estimate of drug-likeness (QED) is 0.343. The van der Waals surface area contributed by atoms with E-state index in [2.05, 4.69) is 10.6 Å². The van der Waals surface area contributed by atoms with Crippen LogP contribution in [0.2, 0.25) is 5.02 Å². The van der Waals surface area contributed by atoms with E-state index in [1.165, 1.54) is 0 Å². The molecule has 0 heterocycles.